The lowest BCUT2D eigenvalue weighted by atomic mass is 9.99. The highest BCUT2D eigenvalue weighted by molar-refractivity contribution is 5.92. The van der Waals surface area contributed by atoms with Crippen molar-refractivity contribution >= 4 is 11.7 Å². The van der Waals surface area contributed by atoms with Crippen LogP contribution in [0, 0.1) is 11.8 Å². The summed E-state index contributed by atoms with van der Waals surface area (Å²) >= 11 is 0. The van der Waals surface area contributed by atoms with Crippen LogP contribution in [0.25, 0.3) is 0 Å². The SMILES string of the molecule is CC(C)c1cc(C(=O)N2CC[C@@H](CC(=O)[C@@H]3C[C@H]3F)C2)n[nH]1. The van der Waals surface area contributed by atoms with Crippen molar-refractivity contribution in [3.8, 4) is 0 Å². The van der Waals surface area contributed by atoms with E-state index in [0.717, 1.165) is 12.1 Å². The van der Waals surface area contributed by atoms with Gasteiger partial charge in [-0.05, 0) is 30.7 Å². The molecule has 3 atom stereocenters. The molecule has 0 bridgehead atoms. The van der Waals surface area contributed by atoms with Gasteiger partial charge in [0.05, 0.1) is 5.92 Å². The summed E-state index contributed by atoms with van der Waals surface area (Å²) in [5.41, 5.74) is 1.37. The van der Waals surface area contributed by atoms with Crippen LogP contribution in [0.2, 0.25) is 0 Å². The highest BCUT2D eigenvalue weighted by Crippen LogP contribution is 2.37. The van der Waals surface area contributed by atoms with Gasteiger partial charge in [0.25, 0.3) is 5.91 Å². The zero-order chi connectivity index (χ0) is 15.9. The second-order valence-corrected chi connectivity index (χ2v) is 6.80. The number of alkyl halides is 1. The number of aromatic amines is 1. The van der Waals surface area contributed by atoms with Crippen LogP contribution in [0.5, 0.6) is 0 Å². The Labute approximate surface area is 129 Å². The lowest BCUT2D eigenvalue weighted by molar-refractivity contribution is -0.121. The summed E-state index contributed by atoms with van der Waals surface area (Å²) in [6, 6.07) is 1.80. The van der Waals surface area contributed by atoms with E-state index in [1.807, 2.05) is 13.8 Å². The van der Waals surface area contributed by atoms with Gasteiger partial charge >= 0.3 is 0 Å². The first kappa shape index (κ1) is 15.2. The monoisotopic (exact) mass is 307 g/mol. The van der Waals surface area contributed by atoms with Gasteiger partial charge in [-0.2, -0.15) is 5.10 Å². The number of hydrogen-bond donors (Lipinski definition) is 1. The zero-order valence-electron chi connectivity index (χ0n) is 13.0. The van der Waals surface area contributed by atoms with Crippen LogP contribution in [0.15, 0.2) is 6.07 Å². The van der Waals surface area contributed by atoms with Crippen molar-refractivity contribution in [2.24, 2.45) is 11.8 Å². The lowest BCUT2D eigenvalue weighted by Gasteiger charge is -2.14. The fourth-order valence-corrected chi connectivity index (χ4v) is 3.02. The third-order valence-corrected chi connectivity index (χ3v) is 4.63. The van der Waals surface area contributed by atoms with Crippen molar-refractivity contribution in [3.63, 3.8) is 0 Å². The van der Waals surface area contributed by atoms with Gasteiger partial charge in [0.2, 0.25) is 0 Å². The van der Waals surface area contributed by atoms with Gasteiger partial charge in [0.15, 0.2) is 0 Å². The van der Waals surface area contributed by atoms with Gasteiger partial charge in [-0.1, -0.05) is 13.8 Å². The topological polar surface area (TPSA) is 66.1 Å². The average molecular weight is 307 g/mol. The molecule has 2 heterocycles. The molecule has 1 aliphatic carbocycles. The van der Waals surface area contributed by atoms with E-state index < -0.39 is 6.17 Å². The highest BCUT2D eigenvalue weighted by atomic mass is 19.1. The molecule has 1 N–H and O–H groups in total. The summed E-state index contributed by atoms with van der Waals surface area (Å²) in [6.07, 6.45) is 0.666. The van der Waals surface area contributed by atoms with Crippen LogP contribution in [-0.2, 0) is 4.79 Å². The summed E-state index contributed by atoms with van der Waals surface area (Å²) in [5.74, 6) is 0.0178. The Bertz CT molecular complexity index is 584. The number of rotatable bonds is 5. The number of hydrogen-bond acceptors (Lipinski definition) is 3. The van der Waals surface area contributed by atoms with E-state index in [-0.39, 0.29) is 23.5 Å². The molecule has 0 unspecified atom stereocenters. The number of halogens is 1. The van der Waals surface area contributed by atoms with Crippen molar-refractivity contribution in [1.29, 1.82) is 0 Å². The molecule has 0 spiro atoms. The second kappa shape index (κ2) is 5.82. The van der Waals surface area contributed by atoms with Crippen LogP contribution in [-0.4, -0.2) is 46.0 Å². The van der Waals surface area contributed by atoms with Gasteiger partial charge < -0.3 is 4.90 Å². The van der Waals surface area contributed by atoms with Gasteiger partial charge in [-0.3, -0.25) is 14.7 Å². The fourth-order valence-electron chi connectivity index (χ4n) is 3.02. The maximum Gasteiger partial charge on any atom is 0.274 e. The molecule has 6 heteroatoms. The Morgan fingerprint density at radius 2 is 2.23 bits per heavy atom. The van der Waals surface area contributed by atoms with Crippen LogP contribution < -0.4 is 0 Å². The maximum atomic E-state index is 12.9. The first-order valence-corrected chi connectivity index (χ1v) is 7.97. The Morgan fingerprint density at radius 3 is 2.82 bits per heavy atom. The molecule has 0 radical (unpaired) electrons. The molecule has 1 aromatic rings. The van der Waals surface area contributed by atoms with Crippen LogP contribution in [0.4, 0.5) is 4.39 Å². The van der Waals surface area contributed by atoms with E-state index in [4.69, 9.17) is 0 Å². The van der Waals surface area contributed by atoms with Gasteiger partial charge in [0.1, 0.15) is 17.6 Å². The molecule has 2 fully saturated rings. The summed E-state index contributed by atoms with van der Waals surface area (Å²) < 4.78 is 12.9. The summed E-state index contributed by atoms with van der Waals surface area (Å²) in [5, 5.41) is 6.97. The summed E-state index contributed by atoms with van der Waals surface area (Å²) in [7, 11) is 0. The number of nitrogens with zero attached hydrogens (tertiary/aromatic N) is 2. The Morgan fingerprint density at radius 1 is 1.50 bits per heavy atom. The first-order chi connectivity index (χ1) is 10.5. The molecule has 1 aromatic heterocycles. The van der Waals surface area contributed by atoms with E-state index in [2.05, 4.69) is 10.2 Å². The van der Waals surface area contributed by atoms with Gasteiger partial charge in [-0.15, -0.1) is 0 Å². The Hall–Kier alpha value is -1.72. The Kier molecular flexibility index (Phi) is 4.02. The van der Waals surface area contributed by atoms with Crippen molar-refractivity contribution in [1.82, 2.24) is 15.1 Å². The predicted molar refractivity (Wildman–Crippen MR) is 79.3 cm³/mol. The van der Waals surface area contributed by atoms with E-state index in [1.54, 1.807) is 11.0 Å². The summed E-state index contributed by atoms with van der Waals surface area (Å²) in [6.45, 7) is 5.28. The molecule has 0 aromatic carbocycles. The number of amides is 1. The first-order valence-electron chi connectivity index (χ1n) is 7.97. The van der Waals surface area contributed by atoms with Gasteiger partial charge in [0, 0.05) is 25.2 Å². The standard InChI is InChI=1S/C16H22FN3O2/c1-9(2)13-7-14(19-18-13)16(22)20-4-3-10(8-20)5-15(21)11-6-12(11)17/h7,9-12H,3-6,8H2,1-2H3,(H,18,19)/t10-,11+,12+/m0/s1. The lowest BCUT2D eigenvalue weighted by Crippen LogP contribution is -2.29. The molecular weight excluding hydrogens is 285 g/mol. The zero-order valence-corrected chi connectivity index (χ0v) is 13.0. The van der Waals surface area contributed by atoms with E-state index in [1.165, 1.54) is 0 Å². The van der Waals surface area contributed by atoms with Crippen LogP contribution >= 0.6 is 0 Å². The number of carbonyl (C=O) groups excluding carboxylic acids is 2. The fraction of sp³-hybridized carbons (Fsp3) is 0.688. The smallest absolute Gasteiger partial charge is 0.274 e. The third-order valence-electron chi connectivity index (χ3n) is 4.63. The number of likely N-dealkylation sites (tertiary alicyclic amines) is 1. The molecule has 1 saturated carbocycles. The average Bonchev–Trinajstić information content (AvgIpc) is 2.93. The van der Waals surface area contributed by atoms with Crippen molar-refractivity contribution < 1.29 is 14.0 Å². The van der Waals surface area contributed by atoms with Gasteiger partial charge in [-0.25, -0.2) is 4.39 Å². The molecular formula is C16H22FN3O2. The minimum atomic E-state index is -0.926. The molecule has 1 saturated heterocycles. The van der Waals surface area contributed by atoms with Crippen LogP contribution in [0.3, 0.4) is 0 Å². The van der Waals surface area contributed by atoms with E-state index in [9.17, 15) is 14.0 Å². The molecule has 2 aliphatic rings. The van der Waals surface area contributed by atoms with E-state index in [0.29, 0.717) is 37.5 Å². The number of Topliss-reactive ketones (excluding diaryl/α,β-unsaturated/α-hetero) is 1. The van der Waals surface area contributed by atoms with E-state index >= 15 is 0 Å². The largest absolute Gasteiger partial charge is 0.337 e. The van der Waals surface area contributed by atoms with Crippen molar-refractivity contribution in [2.75, 3.05) is 13.1 Å². The number of aromatic nitrogens is 2. The third kappa shape index (κ3) is 3.05. The number of carbonyl (C=O) groups is 2. The summed E-state index contributed by atoms with van der Waals surface area (Å²) in [4.78, 5) is 26.0. The van der Waals surface area contributed by atoms with Crippen molar-refractivity contribution in [3.05, 3.63) is 17.5 Å². The second-order valence-electron chi connectivity index (χ2n) is 6.80. The number of nitrogens with one attached hydrogen (secondary N) is 1. The number of ketones is 1. The Balaban J connectivity index is 1.55. The molecule has 1 aliphatic heterocycles. The molecule has 5 nitrogen and oxygen atoms in total. The highest BCUT2D eigenvalue weighted by Gasteiger charge is 2.44. The van der Waals surface area contributed by atoms with Crippen LogP contribution in [0.1, 0.15) is 55.2 Å². The molecule has 120 valence electrons. The van der Waals surface area contributed by atoms with Crippen molar-refractivity contribution in [2.45, 2.75) is 45.2 Å². The minimum absolute atomic E-state index is 0.0219. The predicted octanol–water partition coefficient (Wildman–Crippen LogP) is 2.31. The minimum Gasteiger partial charge on any atom is -0.337 e. The molecule has 22 heavy (non-hydrogen) atoms. The quantitative estimate of drug-likeness (QED) is 0.908. The maximum absolute atomic E-state index is 12.9. The number of H-pyrrole nitrogens is 1. The molecule has 1 amide bonds. The normalized spacial score (nSPS) is 27.5. The molecule has 3 rings (SSSR count).